The van der Waals surface area contributed by atoms with E-state index in [1.54, 1.807) is 7.05 Å². The summed E-state index contributed by atoms with van der Waals surface area (Å²) in [6, 6.07) is 4.86. The molecule has 2 rings (SSSR count). The van der Waals surface area contributed by atoms with Crippen molar-refractivity contribution in [3.05, 3.63) is 39.8 Å². The zero-order valence-electron chi connectivity index (χ0n) is 9.69. The number of carbonyl (C=O) groups is 1. The van der Waals surface area contributed by atoms with Crippen LogP contribution in [-0.2, 0) is 7.05 Å². The van der Waals surface area contributed by atoms with Crippen LogP contribution in [0.3, 0.4) is 0 Å². The van der Waals surface area contributed by atoms with Gasteiger partial charge in [0.15, 0.2) is 5.82 Å². The van der Waals surface area contributed by atoms with Gasteiger partial charge in [-0.2, -0.15) is 10.4 Å². The molecule has 0 bridgehead atoms. The molecule has 6 nitrogen and oxygen atoms in total. The molecule has 0 aliphatic heterocycles. The van der Waals surface area contributed by atoms with E-state index in [4.69, 9.17) is 28.5 Å². The van der Waals surface area contributed by atoms with Gasteiger partial charge in [-0.05, 0) is 12.1 Å². The minimum atomic E-state index is -0.581. The highest BCUT2D eigenvalue weighted by Gasteiger charge is 2.16. The first kappa shape index (κ1) is 13.3. The van der Waals surface area contributed by atoms with Gasteiger partial charge >= 0.3 is 0 Å². The summed E-state index contributed by atoms with van der Waals surface area (Å²) in [6.45, 7) is 0. The van der Waals surface area contributed by atoms with E-state index in [2.05, 4.69) is 15.4 Å². The molecule has 0 unspecified atom stereocenters. The highest BCUT2D eigenvalue weighted by atomic mass is 35.5. The van der Waals surface area contributed by atoms with E-state index in [1.165, 1.54) is 23.0 Å². The van der Waals surface area contributed by atoms with Crippen molar-refractivity contribution in [2.24, 2.45) is 7.05 Å². The number of amides is 1. The third kappa shape index (κ3) is 2.84. The molecule has 2 heterocycles. The predicted molar refractivity (Wildman–Crippen MR) is 70.1 cm³/mol. The zero-order chi connectivity index (χ0) is 14.0. The van der Waals surface area contributed by atoms with Gasteiger partial charge in [0.1, 0.15) is 22.5 Å². The Morgan fingerprint density at radius 1 is 1.47 bits per heavy atom. The van der Waals surface area contributed by atoms with Gasteiger partial charge < -0.3 is 5.32 Å². The monoisotopic (exact) mass is 295 g/mol. The first-order chi connectivity index (χ1) is 9.01. The number of carbonyl (C=O) groups excluding carboxylic acids is 1. The Kier molecular flexibility index (Phi) is 3.69. The molecule has 0 saturated heterocycles. The summed E-state index contributed by atoms with van der Waals surface area (Å²) in [5, 5.41) is 15.6. The van der Waals surface area contributed by atoms with Crippen molar-refractivity contribution in [1.29, 1.82) is 5.26 Å². The summed E-state index contributed by atoms with van der Waals surface area (Å²) in [6.07, 6.45) is 1.49. The lowest BCUT2D eigenvalue weighted by atomic mass is 10.3. The lowest BCUT2D eigenvalue weighted by molar-refractivity contribution is 0.102. The fraction of sp³-hybridized carbons (Fsp3) is 0.0909. The normalized spacial score (nSPS) is 10.0. The molecule has 0 atom stereocenters. The SMILES string of the molecule is Cn1cc(C#N)c(NC(=O)c2nc(Cl)ccc2Cl)n1. The van der Waals surface area contributed by atoms with Crippen molar-refractivity contribution in [2.75, 3.05) is 5.32 Å². The summed E-state index contributed by atoms with van der Waals surface area (Å²) in [5.74, 6) is -0.435. The lowest BCUT2D eigenvalue weighted by Gasteiger charge is -2.04. The average Bonchev–Trinajstić information content (AvgIpc) is 2.72. The predicted octanol–water partition coefficient (Wildman–Crippen LogP) is 2.25. The molecule has 0 saturated carbocycles. The van der Waals surface area contributed by atoms with Crippen LogP contribution in [0.1, 0.15) is 16.1 Å². The molecule has 2 aromatic heterocycles. The molecule has 0 aromatic carbocycles. The third-order valence-corrected chi connectivity index (χ3v) is 2.72. The topological polar surface area (TPSA) is 83.6 Å². The van der Waals surface area contributed by atoms with Gasteiger partial charge in [-0.3, -0.25) is 9.48 Å². The number of nitrogens with one attached hydrogen (secondary N) is 1. The van der Waals surface area contributed by atoms with Gasteiger partial charge in [-0.1, -0.05) is 23.2 Å². The molecule has 0 fully saturated rings. The van der Waals surface area contributed by atoms with E-state index in [1.807, 2.05) is 6.07 Å². The van der Waals surface area contributed by atoms with Crippen LogP contribution < -0.4 is 5.32 Å². The van der Waals surface area contributed by atoms with Gasteiger partial charge in [0.25, 0.3) is 5.91 Å². The number of nitrogens with zero attached hydrogens (tertiary/aromatic N) is 4. The Hall–Kier alpha value is -2.10. The van der Waals surface area contributed by atoms with E-state index >= 15 is 0 Å². The molecular weight excluding hydrogens is 289 g/mol. The van der Waals surface area contributed by atoms with Crippen molar-refractivity contribution in [1.82, 2.24) is 14.8 Å². The van der Waals surface area contributed by atoms with Crippen molar-refractivity contribution in [3.63, 3.8) is 0 Å². The molecular formula is C11H7Cl2N5O. The average molecular weight is 296 g/mol. The Labute approximate surface area is 118 Å². The summed E-state index contributed by atoms with van der Waals surface area (Å²) in [5.41, 5.74) is 0.220. The molecule has 0 aliphatic carbocycles. The first-order valence-corrected chi connectivity index (χ1v) is 5.84. The second-order valence-corrected chi connectivity index (χ2v) is 4.39. The molecule has 96 valence electrons. The van der Waals surface area contributed by atoms with Crippen LogP contribution in [0, 0.1) is 11.3 Å². The Morgan fingerprint density at radius 2 is 2.21 bits per heavy atom. The Bertz CT molecular complexity index is 689. The van der Waals surface area contributed by atoms with E-state index in [9.17, 15) is 4.79 Å². The van der Waals surface area contributed by atoms with Crippen molar-refractivity contribution < 1.29 is 4.79 Å². The summed E-state index contributed by atoms with van der Waals surface area (Å²) >= 11 is 11.6. The van der Waals surface area contributed by atoms with Crippen molar-refractivity contribution >= 4 is 34.9 Å². The maximum absolute atomic E-state index is 12.0. The number of anilines is 1. The van der Waals surface area contributed by atoms with E-state index in [0.29, 0.717) is 0 Å². The van der Waals surface area contributed by atoms with Gasteiger partial charge in [0, 0.05) is 13.2 Å². The summed E-state index contributed by atoms with van der Waals surface area (Å²) < 4.78 is 1.42. The smallest absolute Gasteiger partial charge is 0.277 e. The van der Waals surface area contributed by atoms with Gasteiger partial charge in [-0.25, -0.2) is 4.98 Å². The maximum atomic E-state index is 12.0. The molecule has 19 heavy (non-hydrogen) atoms. The lowest BCUT2D eigenvalue weighted by Crippen LogP contribution is -2.15. The van der Waals surface area contributed by atoms with E-state index in [-0.39, 0.29) is 27.3 Å². The fourth-order valence-electron chi connectivity index (χ4n) is 1.41. The largest absolute Gasteiger partial charge is 0.303 e. The van der Waals surface area contributed by atoms with Crippen molar-refractivity contribution in [3.8, 4) is 6.07 Å². The minimum Gasteiger partial charge on any atom is -0.303 e. The van der Waals surface area contributed by atoms with Gasteiger partial charge in [0.05, 0.1) is 5.02 Å². The van der Waals surface area contributed by atoms with Crippen LogP contribution >= 0.6 is 23.2 Å². The molecule has 1 amide bonds. The van der Waals surface area contributed by atoms with E-state index in [0.717, 1.165) is 0 Å². The van der Waals surface area contributed by atoms with E-state index < -0.39 is 5.91 Å². The van der Waals surface area contributed by atoms with Crippen LogP contribution in [0.5, 0.6) is 0 Å². The van der Waals surface area contributed by atoms with Gasteiger partial charge in [-0.15, -0.1) is 0 Å². The molecule has 0 aliphatic rings. The number of pyridine rings is 1. The molecule has 2 aromatic rings. The highest BCUT2D eigenvalue weighted by Crippen LogP contribution is 2.19. The number of aromatic nitrogens is 3. The molecule has 0 radical (unpaired) electrons. The second kappa shape index (κ2) is 5.26. The molecule has 1 N–H and O–H groups in total. The van der Waals surface area contributed by atoms with Crippen molar-refractivity contribution in [2.45, 2.75) is 0 Å². The number of hydrogen-bond donors (Lipinski definition) is 1. The van der Waals surface area contributed by atoms with Crippen LogP contribution in [-0.4, -0.2) is 20.7 Å². The molecule has 0 spiro atoms. The minimum absolute atomic E-state index is 0.0243. The third-order valence-electron chi connectivity index (χ3n) is 2.21. The quantitative estimate of drug-likeness (QED) is 0.861. The second-order valence-electron chi connectivity index (χ2n) is 3.60. The zero-order valence-corrected chi connectivity index (χ0v) is 11.2. The Morgan fingerprint density at radius 3 is 2.89 bits per heavy atom. The molecule has 8 heteroatoms. The van der Waals surface area contributed by atoms with Gasteiger partial charge in [0.2, 0.25) is 0 Å². The number of rotatable bonds is 2. The summed E-state index contributed by atoms with van der Waals surface area (Å²) in [7, 11) is 1.64. The van der Waals surface area contributed by atoms with Crippen LogP contribution in [0.25, 0.3) is 0 Å². The number of hydrogen-bond acceptors (Lipinski definition) is 4. The number of aryl methyl sites for hydroxylation is 1. The van der Waals surface area contributed by atoms with Crippen LogP contribution in [0.4, 0.5) is 5.82 Å². The number of halogens is 2. The highest BCUT2D eigenvalue weighted by molar-refractivity contribution is 6.35. The van der Waals surface area contributed by atoms with Crippen LogP contribution in [0.2, 0.25) is 10.2 Å². The maximum Gasteiger partial charge on any atom is 0.277 e. The first-order valence-electron chi connectivity index (χ1n) is 5.08. The Balaban J connectivity index is 2.31. The standard InChI is InChI=1S/C11H7Cl2N5O/c1-18-5-6(4-14)10(17-18)16-11(19)9-7(12)2-3-8(13)15-9/h2-3,5H,1H3,(H,16,17,19). The van der Waals surface area contributed by atoms with Crippen LogP contribution in [0.15, 0.2) is 18.3 Å². The number of nitriles is 1. The fourth-order valence-corrected chi connectivity index (χ4v) is 1.75. The summed E-state index contributed by atoms with van der Waals surface area (Å²) in [4.78, 5) is 15.8.